The van der Waals surface area contributed by atoms with E-state index < -0.39 is 5.97 Å². The summed E-state index contributed by atoms with van der Waals surface area (Å²) in [5.74, 6) is 0.238. The lowest BCUT2D eigenvalue weighted by Crippen LogP contribution is -2.54. The Bertz CT molecular complexity index is 371. The Morgan fingerprint density at radius 3 is 3.00 bits per heavy atom. The minimum atomic E-state index is -0.906. The predicted octanol–water partition coefficient (Wildman–Crippen LogP) is 1.16. The number of carboxylic acid groups (broad SMARTS) is 1. The highest BCUT2D eigenvalue weighted by molar-refractivity contribution is 8.00. The third kappa shape index (κ3) is 4.02. The number of urea groups is 1. The monoisotopic (exact) mass is 302 g/mol. The molecular weight excluding hydrogens is 280 g/mol. The fourth-order valence-corrected chi connectivity index (χ4v) is 3.88. The second-order valence-electron chi connectivity index (χ2n) is 5.58. The number of ether oxygens (including phenoxy) is 1. The molecule has 0 aromatic heterocycles. The van der Waals surface area contributed by atoms with Gasteiger partial charge in [-0.1, -0.05) is 0 Å². The lowest BCUT2D eigenvalue weighted by atomic mass is 10.1. The van der Waals surface area contributed by atoms with Crippen LogP contribution in [0.25, 0.3) is 0 Å². The molecule has 2 unspecified atom stereocenters. The van der Waals surface area contributed by atoms with Crippen LogP contribution >= 0.6 is 11.8 Å². The number of carboxylic acids is 1. The van der Waals surface area contributed by atoms with E-state index >= 15 is 0 Å². The standard InChI is InChI=1S/C13H22N2O4S/c1-13(3-2-6-20-13)9-14-12(18)15-4-5-19-8-10(15)7-11(16)17/h10H,2-9H2,1H3,(H,14,18)(H,16,17). The molecule has 2 rings (SSSR count). The van der Waals surface area contributed by atoms with Gasteiger partial charge in [-0.15, -0.1) is 0 Å². The molecule has 0 aliphatic carbocycles. The van der Waals surface area contributed by atoms with E-state index in [1.54, 1.807) is 4.90 Å². The molecule has 2 atom stereocenters. The van der Waals surface area contributed by atoms with Crippen molar-refractivity contribution in [2.75, 3.05) is 32.1 Å². The zero-order valence-electron chi connectivity index (χ0n) is 11.8. The Kier molecular flexibility index (Phi) is 5.15. The average molecular weight is 302 g/mol. The van der Waals surface area contributed by atoms with Gasteiger partial charge in [0.1, 0.15) is 0 Å². The SMILES string of the molecule is CC1(CNC(=O)N2CCOCC2CC(=O)O)CCCS1. The minimum Gasteiger partial charge on any atom is -0.481 e. The second kappa shape index (κ2) is 6.67. The third-order valence-corrected chi connectivity index (χ3v) is 5.35. The van der Waals surface area contributed by atoms with Crippen LogP contribution in [0.15, 0.2) is 0 Å². The fourth-order valence-electron chi connectivity index (χ4n) is 2.63. The van der Waals surface area contributed by atoms with Crippen molar-refractivity contribution < 1.29 is 19.4 Å². The van der Waals surface area contributed by atoms with E-state index in [2.05, 4.69) is 12.2 Å². The molecule has 2 heterocycles. The maximum atomic E-state index is 12.2. The van der Waals surface area contributed by atoms with Crippen LogP contribution in [0.1, 0.15) is 26.2 Å². The number of carbonyl (C=O) groups is 2. The lowest BCUT2D eigenvalue weighted by molar-refractivity contribution is -0.139. The topological polar surface area (TPSA) is 78.9 Å². The van der Waals surface area contributed by atoms with Crippen molar-refractivity contribution in [1.82, 2.24) is 10.2 Å². The van der Waals surface area contributed by atoms with Crippen LogP contribution < -0.4 is 5.32 Å². The van der Waals surface area contributed by atoms with Gasteiger partial charge in [0.25, 0.3) is 0 Å². The van der Waals surface area contributed by atoms with E-state index in [-0.39, 0.29) is 23.2 Å². The van der Waals surface area contributed by atoms with E-state index in [1.807, 2.05) is 11.8 Å². The molecule has 0 radical (unpaired) electrons. The Hall–Kier alpha value is -0.950. The van der Waals surface area contributed by atoms with E-state index in [4.69, 9.17) is 9.84 Å². The summed E-state index contributed by atoms with van der Waals surface area (Å²) in [4.78, 5) is 24.7. The summed E-state index contributed by atoms with van der Waals surface area (Å²) in [5, 5.41) is 11.8. The lowest BCUT2D eigenvalue weighted by Gasteiger charge is -2.35. The Morgan fingerprint density at radius 1 is 1.55 bits per heavy atom. The van der Waals surface area contributed by atoms with E-state index in [1.165, 1.54) is 6.42 Å². The van der Waals surface area contributed by atoms with Crippen LogP contribution in [-0.2, 0) is 9.53 Å². The molecule has 2 saturated heterocycles. The summed E-state index contributed by atoms with van der Waals surface area (Å²) in [6, 6.07) is -0.543. The molecule has 2 fully saturated rings. The molecule has 2 amide bonds. The molecule has 0 spiro atoms. The van der Waals surface area contributed by atoms with Crippen molar-refractivity contribution in [2.45, 2.75) is 37.0 Å². The molecule has 114 valence electrons. The van der Waals surface area contributed by atoms with Crippen LogP contribution in [0.3, 0.4) is 0 Å². The summed E-state index contributed by atoms with van der Waals surface area (Å²) in [7, 11) is 0. The first-order chi connectivity index (χ1) is 9.50. The maximum absolute atomic E-state index is 12.2. The quantitative estimate of drug-likeness (QED) is 0.814. The number of morpholine rings is 1. The van der Waals surface area contributed by atoms with Gasteiger partial charge in [-0.3, -0.25) is 4.79 Å². The van der Waals surface area contributed by atoms with Gasteiger partial charge in [0.2, 0.25) is 0 Å². The van der Waals surface area contributed by atoms with Crippen LogP contribution in [0.2, 0.25) is 0 Å². The molecule has 20 heavy (non-hydrogen) atoms. The number of carbonyl (C=O) groups excluding carboxylic acids is 1. The van der Waals surface area contributed by atoms with Crippen LogP contribution in [0, 0.1) is 0 Å². The third-order valence-electron chi connectivity index (χ3n) is 3.81. The first-order valence-corrected chi connectivity index (χ1v) is 7.97. The van der Waals surface area contributed by atoms with Crippen LogP contribution in [0.5, 0.6) is 0 Å². The number of nitrogens with zero attached hydrogens (tertiary/aromatic N) is 1. The van der Waals surface area contributed by atoms with Crippen molar-refractivity contribution >= 4 is 23.8 Å². The average Bonchev–Trinajstić information content (AvgIpc) is 2.83. The van der Waals surface area contributed by atoms with Crippen molar-refractivity contribution in [3.8, 4) is 0 Å². The Morgan fingerprint density at radius 2 is 2.35 bits per heavy atom. The molecule has 2 N–H and O–H groups in total. The highest BCUT2D eigenvalue weighted by Gasteiger charge is 2.33. The largest absolute Gasteiger partial charge is 0.481 e. The summed E-state index contributed by atoms with van der Waals surface area (Å²) >= 11 is 1.89. The Labute approximate surface area is 123 Å². The van der Waals surface area contributed by atoms with Gasteiger partial charge >= 0.3 is 12.0 Å². The molecule has 2 aliphatic heterocycles. The number of nitrogens with one attached hydrogen (secondary N) is 1. The molecule has 2 aliphatic rings. The summed E-state index contributed by atoms with van der Waals surface area (Å²) in [6.45, 7) is 4.02. The molecule has 0 bridgehead atoms. The number of rotatable bonds is 4. The zero-order chi connectivity index (χ0) is 14.6. The van der Waals surface area contributed by atoms with Gasteiger partial charge < -0.3 is 20.1 Å². The summed E-state index contributed by atoms with van der Waals surface area (Å²) < 4.78 is 5.39. The van der Waals surface area contributed by atoms with Crippen LogP contribution in [-0.4, -0.2) is 64.9 Å². The molecular formula is C13H22N2O4S. The van der Waals surface area contributed by atoms with Gasteiger partial charge in [0.15, 0.2) is 0 Å². The second-order valence-corrected chi connectivity index (χ2v) is 7.26. The van der Waals surface area contributed by atoms with Gasteiger partial charge in [-0.05, 0) is 25.5 Å². The number of aliphatic carboxylic acids is 1. The van der Waals surface area contributed by atoms with E-state index in [0.717, 1.165) is 12.2 Å². The maximum Gasteiger partial charge on any atom is 0.317 e. The number of hydrogen-bond acceptors (Lipinski definition) is 4. The number of thioether (sulfide) groups is 1. The van der Waals surface area contributed by atoms with Gasteiger partial charge in [0.05, 0.1) is 25.7 Å². The van der Waals surface area contributed by atoms with Crippen molar-refractivity contribution in [1.29, 1.82) is 0 Å². The number of amides is 2. The number of hydrogen-bond donors (Lipinski definition) is 2. The van der Waals surface area contributed by atoms with Gasteiger partial charge in [0, 0.05) is 17.8 Å². The normalized spacial score (nSPS) is 30.2. The predicted molar refractivity (Wildman–Crippen MR) is 77.1 cm³/mol. The smallest absolute Gasteiger partial charge is 0.317 e. The minimum absolute atomic E-state index is 0.0700. The summed E-state index contributed by atoms with van der Waals surface area (Å²) in [5.41, 5.74) is 0. The molecule has 0 saturated carbocycles. The molecule has 0 aromatic carbocycles. The highest BCUT2D eigenvalue weighted by Crippen LogP contribution is 2.36. The molecule has 7 heteroatoms. The first-order valence-electron chi connectivity index (χ1n) is 6.98. The first kappa shape index (κ1) is 15.4. The fraction of sp³-hybridized carbons (Fsp3) is 0.846. The van der Waals surface area contributed by atoms with Crippen LogP contribution in [0.4, 0.5) is 4.79 Å². The highest BCUT2D eigenvalue weighted by atomic mass is 32.2. The zero-order valence-corrected chi connectivity index (χ0v) is 12.6. The summed E-state index contributed by atoms with van der Waals surface area (Å²) in [6.07, 6.45) is 2.23. The molecule has 0 aromatic rings. The van der Waals surface area contributed by atoms with E-state index in [9.17, 15) is 9.59 Å². The van der Waals surface area contributed by atoms with Gasteiger partial charge in [-0.25, -0.2) is 4.79 Å². The van der Waals surface area contributed by atoms with Crippen molar-refractivity contribution in [2.24, 2.45) is 0 Å². The van der Waals surface area contributed by atoms with Gasteiger partial charge in [-0.2, -0.15) is 11.8 Å². The van der Waals surface area contributed by atoms with E-state index in [0.29, 0.717) is 26.3 Å². The van der Waals surface area contributed by atoms with Crippen molar-refractivity contribution in [3.63, 3.8) is 0 Å². The Balaban J connectivity index is 1.87. The molecule has 6 nitrogen and oxygen atoms in total. The van der Waals surface area contributed by atoms with Crippen molar-refractivity contribution in [3.05, 3.63) is 0 Å².